The van der Waals surface area contributed by atoms with E-state index < -0.39 is 0 Å². The zero-order chi connectivity index (χ0) is 13.8. The van der Waals surface area contributed by atoms with Crippen LogP contribution in [0.2, 0.25) is 0 Å². The Kier molecular flexibility index (Phi) is 6.39. The van der Waals surface area contributed by atoms with Crippen molar-refractivity contribution < 1.29 is 9.18 Å². The van der Waals surface area contributed by atoms with Crippen molar-refractivity contribution in [1.29, 1.82) is 0 Å². The number of carbonyl (C=O) groups is 1. The minimum absolute atomic E-state index is 0. The predicted octanol–water partition coefficient (Wildman–Crippen LogP) is 1.79. The lowest BCUT2D eigenvalue weighted by Gasteiger charge is -2.33. The van der Waals surface area contributed by atoms with Gasteiger partial charge < -0.3 is 10.6 Å². The predicted molar refractivity (Wildman–Crippen MR) is 80.9 cm³/mol. The Morgan fingerprint density at radius 1 is 1.55 bits per heavy atom. The number of nitrogens with zero attached hydrogens (tertiary/aromatic N) is 1. The van der Waals surface area contributed by atoms with Gasteiger partial charge in [-0.15, -0.1) is 12.4 Å². The molecule has 2 N–H and O–H groups in total. The SMILES string of the molecule is Cc1ccc(NC(=O)CN2CCNC[C@H]2C)cc1F.Cl. The fourth-order valence-electron chi connectivity index (χ4n) is 2.17. The average Bonchev–Trinajstić information content (AvgIpc) is 2.37. The quantitative estimate of drug-likeness (QED) is 0.894. The zero-order valence-corrected chi connectivity index (χ0v) is 12.6. The Balaban J connectivity index is 0.00000200. The fourth-order valence-corrected chi connectivity index (χ4v) is 2.17. The molecule has 0 saturated carbocycles. The third-order valence-corrected chi connectivity index (χ3v) is 3.44. The lowest BCUT2D eigenvalue weighted by Crippen LogP contribution is -2.51. The van der Waals surface area contributed by atoms with Crippen LogP contribution in [0.4, 0.5) is 10.1 Å². The van der Waals surface area contributed by atoms with Gasteiger partial charge in [0.1, 0.15) is 5.82 Å². The van der Waals surface area contributed by atoms with Gasteiger partial charge in [-0.3, -0.25) is 9.69 Å². The van der Waals surface area contributed by atoms with Gasteiger partial charge in [0.15, 0.2) is 0 Å². The summed E-state index contributed by atoms with van der Waals surface area (Å²) in [5.74, 6) is -0.398. The molecular weight excluding hydrogens is 281 g/mol. The first-order valence-electron chi connectivity index (χ1n) is 6.57. The smallest absolute Gasteiger partial charge is 0.238 e. The lowest BCUT2D eigenvalue weighted by molar-refractivity contribution is -0.118. The van der Waals surface area contributed by atoms with E-state index in [0.29, 0.717) is 23.8 Å². The summed E-state index contributed by atoms with van der Waals surface area (Å²) in [7, 11) is 0. The number of halogens is 2. The first-order valence-corrected chi connectivity index (χ1v) is 6.57. The summed E-state index contributed by atoms with van der Waals surface area (Å²) in [4.78, 5) is 14.0. The van der Waals surface area contributed by atoms with E-state index in [2.05, 4.69) is 22.5 Å². The maximum atomic E-state index is 13.4. The lowest BCUT2D eigenvalue weighted by atomic mass is 10.2. The van der Waals surface area contributed by atoms with E-state index in [4.69, 9.17) is 0 Å². The molecule has 6 heteroatoms. The third kappa shape index (κ3) is 4.44. The molecule has 1 aromatic carbocycles. The fraction of sp³-hybridized carbons (Fsp3) is 0.500. The van der Waals surface area contributed by atoms with Crippen molar-refractivity contribution in [3.05, 3.63) is 29.6 Å². The molecular formula is C14H21ClFN3O. The molecule has 112 valence electrons. The minimum atomic E-state index is -0.298. The maximum absolute atomic E-state index is 13.4. The summed E-state index contributed by atoms with van der Waals surface area (Å²) >= 11 is 0. The Hall–Kier alpha value is -1.17. The van der Waals surface area contributed by atoms with Crippen LogP contribution in [0.3, 0.4) is 0 Å². The molecule has 20 heavy (non-hydrogen) atoms. The van der Waals surface area contributed by atoms with Crippen LogP contribution in [0.25, 0.3) is 0 Å². The largest absolute Gasteiger partial charge is 0.325 e. The van der Waals surface area contributed by atoms with Gasteiger partial charge in [0.25, 0.3) is 0 Å². The van der Waals surface area contributed by atoms with Crippen LogP contribution in [0.5, 0.6) is 0 Å². The molecule has 0 spiro atoms. The standard InChI is InChI=1S/C14H20FN3O.ClH/c1-10-3-4-12(7-13(10)15)17-14(19)9-18-6-5-16-8-11(18)2;/h3-4,7,11,16H,5-6,8-9H2,1-2H3,(H,17,19);1H/t11-;/m1./s1. The van der Waals surface area contributed by atoms with Crippen LogP contribution in [0.15, 0.2) is 18.2 Å². The molecule has 1 heterocycles. The van der Waals surface area contributed by atoms with Gasteiger partial charge in [-0.2, -0.15) is 0 Å². The van der Waals surface area contributed by atoms with Crippen LogP contribution < -0.4 is 10.6 Å². The molecule has 0 aliphatic carbocycles. The zero-order valence-electron chi connectivity index (χ0n) is 11.8. The number of anilines is 1. The van der Waals surface area contributed by atoms with E-state index in [0.717, 1.165) is 19.6 Å². The van der Waals surface area contributed by atoms with Crippen molar-refractivity contribution in [2.75, 3.05) is 31.5 Å². The monoisotopic (exact) mass is 301 g/mol. The molecule has 1 amide bonds. The normalized spacial score (nSPS) is 19.2. The molecule has 4 nitrogen and oxygen atoms in total. The van der Waals surface area contributed by atoms with Crippen molar-refractivity contribution in [2.24, 2.45) is 0 Å². The van der Waals surface area contributed by atoms with Crippen LogP contribution in [-0.4, -0.2) is 43.0 Å². The molecule has 0 unspecified atom stereocenters. The maximum Gasteiger partial charge on any atom is 0.238 e. The second-order valence-corrected chi connectivity index (χ2v) is 5.04. The second-order valence-electron chi connectivity index (χ2n) is 5.04. The Labute approximate surface area is 125 Å². The number of amides is 1. The van der Waals surface area contributed by atoms with Crippen molar-refractivity contribution in [3.63, 3.8) is 0 Å². The van der Waals surface area contributed by atoms with Crippen molar-refractivity contribution in [1.82, 2.24) is 10.2 Å². The number of aryl methyl sites for hydroxylation is 1. The summed E-state index contributed by atoms with van der Waals surface area (Å²) in [5.41, 5.74) is 1.09. The molecule has 1 fully saturated rings. The van der Waals surface area contributed by atoms with Gasteiger partial charge in [-0.05, 0) is 31.5 Å². The average molecular weight is 302 g/mol. The Morgan fingerprint density at radius 3 is 2.95 bits per heavy atom. The molecule has 0 bridgehead atoms. The summed E-state index contributed by atoms with van der Waals surface area (Å²) < 4.78 is 13.4. The van der Waals surface area contributed by atoms with Gasteiger partial charge in [0, 0.05) is 31.4 Å². The highest BCUT2D eigenvalue weighted by atomic mass is 35.5. The number of hydrogen-bond donors (Lipinski definition) is 2. The Morgan fingerprint density at radius 2 is 2.30 bits per heavy atom. The number of carbonyl (C=O) groups excluding carboxylic acids is 1. The molecule has 2 rings (SSSR count). The van der Waals surface area contributed by atoms with Crippen LogP contribution in [0.1, 0.15) is 12.5 Å². The van der Waals surface area contributed by atoms with E-state index in [-0.39, 0.29) is 24.1 Å². The van der Waals surface area contributed by atoms with Gasteiger partial charge in [-0.1, -0.05) is 6.07 Å². The molecule has 1 atom stereocenters. The summed E-state index contributed by atoms with van der Waals surface area (Å²) in [6.45, 7) is 6.78. The molecule has 1 aromatic rings. The number of piperazine rings is 1. The highest BCUT2D eigenvalue weighted by Gasteiger charge is 2.20. The van der Waals surface area contributed by atoms with E-state index in [1.165, 1.54) is 6.07 Å². The number of rotatable bonds is 3. The molecule has 0 aromatic heterocycles. The molecule has 0 radical (unpaired) electrons. The van der Waals surface area contributed by atoms with E-state index >= 15 is 0 Å². The van der Waals surface area contributed by atoms with Crippen molar-refractivity contribution in [2.45, 2.75) is 19.9 Å². The van der Waals surface area contributed by atoms with Gasteiger partial charge in [0.05, 0.1) is 6.54 Å². The first-order chi connectivity index (χ1) is 9.06. The summed E-state index contributed by atoms with van der Waals surface area (Å²) in [6.07, 6.45) is 0. The first kappa shape index (κ1) is 16.9. The van der Waals surface area contributed by atoms with E-state index in [9.17, 15) is 9.18 Å². The minimum Gasteiger partial charge on any atom is -0.325 e. The van der Waals surface area contributed by atoms with Crippen LogP contribution >= 0.6 is 12.4 Å². The topological polar surface area (TPSA) is 44.4 Å². The number of nitrogens with one attached hydrogen (secondary N) is 2. The number of benzene rings is 1. The van der Waals surface area contributed by atoms with Crippen molar-refractivity contribution >= 4 is 24.0 Å². The van der Waals surface area contributed by atoms with E-state index in [1.54, 1.807) is 19.1 Å². The van der Waals surface area contributed by atoms with Crippen LogP contribution in [-0.2, 0) is 4.79 Å². The summed E-state index contributed by atoms with van der Waals surface area (Å²) in [6, 6.07) is 5.08. The summed E-state index contributed by atoms with van der Waals surface area (Å²) in [5, 5.41) is 6.01. The highest BCUT2D eigenvalue weighted by Crippen LogP contribution is 2.13. The van der Waals surface area contributed by atoms with Gasteiger partial charge >= 0.3 is 0 Å². The van der Waals surface area contributed by atoms with Gasteiger partial charge in [0.2, 0.25) is 5.91 Å². The third-order valence-electron chi connectivity index (χ3n) is 3.44. The van der Waals surface area contributed by atoms with Crippen molar-refractivity contribution in [3.8, 4) is 0 Å². The van der Waals surface area contributed by atoms with Crippen LogP contribution in [0, 0.1) is 12.7 Å². The number of hydrogen-bond acceptors (Lipinski definition) is 3. The molecule has 1 aliphatic rings. The molecule has 1 aliphatic heterocycles. The van der Waals surface area contributed by atoms with E-state index in [1.807, 2.05) is 0 Å². The second kappa shape index (κ2) is 7.57. The highest BCUT2D eigenvalue weighted by molar-refractivity contribution is 5.92. The Bertz CT molecular complexity index is 470. The molecule has 1 saturated heterocycles. The van der Waals surface area contributed by atoms with Gasteiger partial charge in [-0.25, -0.2) is 4.39 Å².